The molecule has 0 aliphatic rings. The summed E-state index contributed by atoms with van der Waals surface area (Å²) in [5.74, 6) is -0.653. The van der Waals surface area contributed by atoms with Gasteiger partial charge in [0.25, 0.3) is 5.91 Å². The van der Waals surface area contributed by atoms with Gasteiger partial charge in [0.15, 0.2) is 11.5 Å². The number of amides is 1. The van der Waals surface area contributed by atoms with Gasteiger partial charge in [0, 0.05) is 10.5 Å². The van der Waals surface area contributed by atoms with Crippen molar-refractivity contribution in [3.63, 3.8) is 0 Å². The van der Waals surface area contributed by atoms with Crippen LogP contribution in [-0.4, -0.2) is 39.2 Å². The number of anilines is 1. The van der Waals surface area contributed by atoms with E-state index in [4.69, 9.17) is 14.2 Å². The monoisotopic (exact) mass is 401 g/mol. The van der Waals surface area contributed by atoms with Crippen molar-refractivity contribution in [3.8, 4) is 17.2 Å². The number of thioether (sulfide) groups is 1. The quantitative estimate of drug-likeness (QED) is 0.686. The predicted octanol–water partition coefficient (Wildman–Crippen LogP) is 4.62. The fraction of sp³-hybridized carbons (Fsp3) is 0.278. The maximum atomic E-state index is 12.6. The summed E-state index contributed by atoms with van der Waals surface area (Å²) < 4.78 is 53.1. The molecule has 2 aromatic rings. The molecule has 146 valence electrons. The Kier molecular flexibility index (Phi) is 6.84. The van der Waals surface area contributed by atoms with Gasteiger partial charge in [-0.05, 0) is 24.3 Å². The van der Waals surface area contributed by atoms with E-state index in [0.717, 1.165) is 0 Å². The second-order valence-electron chi connectivity index (χ2n) is 5.27. The summed E-state index contributed by atoms with van der Waals surface area (Å²) >= 11 is 0.603. The van der Waals surface area contributed by atoms with Crippen molar-refractivity contribution < 1.29 is 32.2 Å². The number of carbonyl (C=O) groups is 1. The standard InChI is InChI=1S/C18H18F3NO4S/c1-24-13-8-11(9-14(25-2)16(13)26-3)17(23)22-12-6-4-5-7-15(12)27-10-18(19,20)21/h4-9H,10H2,1-3H3,(H,22,23). The van der Waals surface area contributed by atoms with Gasteiger partial charge in [-0.25, -0.2) is 0 Å². The SMILES string of the molecule is COc1cc(C(=O)Nc2ccccc2SCC(F)(F)F)cc(OC)c1OC. The minimum atomic E-state index is -4.31. The van der Waals surface area contributed by atoms with E-state index in [1.54, 1.807) is 12.1 Å². The Morgan fingerprint density at radius 2 is 1.63 bits per heavy atom. The van der Waals surface area contributed by atoms with Crippen molar-refractivity contribution in [2.24, 2.45) is 0 Å². The molecule has 0 fully saturated rings. The number of hydrogen-bond donors (Lipinski definition) is 1. The molecule has 2 aromatic carbocycles. The number of para-hydroxylation sites is 1. The lowest BCUT2D eigenvalue weighted by molar-refractivity contribution is -0.105. The summed E-state index contributed by atoms with van der Waals surface area (Å²) in [6.07, 6.45) is -4.31. The van der Waals surface area contributed by atoms with Gasteiger partial charge in [-0.3, -0.25) is 4.79 Å². The number of benzene rings is 2. The van der Waals surface area contributed by atoms with Crippen LogP contribution in [-0.2, 0) is 0 Å². The molecule has 0 aliphatic heterocycles. The highest BCUT2D eigenvalue weighted by atomic mass is 32.2. The number of hydrogen-bond acceptors (Lipinski definition) is 5. The molecule has 0 bridgehead atoms. The summed E-state index contributed by atoms with van der Waals surface area (Å²) in [7, 11) is 4.28. The van der Waals surface area contributed by atoms with Crippen LogP contribution in [0.5, 0.6) is 17.2 Å². The van der Waals surface area contributed by atoms with E-state index in [-0.39, 0.29) is 11.3 Å². The molecule has 0 unspecified atom stereocenters. The van der Waals surface area contributed by atoms with Crippen LogP contribution < -0.4 is 19.5 Å². The lowest BCUT2D eigenvalue weighted by atomic mass is 10.1. The van der Waals surface area contributed by atoms with Gasteiger partial charge >= 0.3 is 6.18 Å². The van der Waals surface area contributed by atoms with Gasteiger partial charge < -0.3 is 19.5 Å². The summed E-state index contributed by atoms with van der Waals surface area (Å²) in [4.78, 5) is 12.9. The van der Waals surface area contributed by atoms with Gasteiger partial charge in [0.2, 0.25) is 5.75 Å². The second kappa shape index (κ2) is 8.90. The fourth-order valence-electron chi connectivity index (χ4n) is 2.26. The van der Waals surface area contributed by atoms with Crippen LogP contribution in [0.1, 0.15) is 10.4 Å². The first kappa shape index (κ1) is 20.8. The van der Waals surface area contributed by atoms with Crippen molar-refractivity contribution in [1.82, 2.24) is 0 Å². The Morgan fingerprint density at radius 3 is 2.15 bits per heavy atom. The van der Waals surface area contributed by atoms with Gasteiger partial charge in [-0.1, -0.05) is 12.1 Å². The molecule has 0 aromatic heterocycles. The maximum Gasteiger partial charge on any atom is 0.398 e. The van der Waals surface area contributed by atoms with Crippen molar-refractivity contribution in [1.29, 1.82) is 0 Å². The molecule has 1 amide bonds. The van der Waals surface area contributed by atoms with Crippen molar-refractivity contribution in [2.75, 3.05) is 32.4 Å². The summed E-state index contributed by atoms with van der Waals surface area (Å²) in [6.45, 7) is 0. The minimum Gasteiger partial charge on any atom is -0.493 e. The summed E-state index contributed by atoms with van der Waals surface area (Å²) in [5.41, 5.74) is 0.491. The van der Waals surface area contributed by atoms with Crippen LogP contribution in [0.3, 0.4) is 0 Å². The summed E-state index contributed by atoms with van der Waals surface area (Å²) in [5, 5.41) is 2.62. The molecular formula is C18H18F3NO4S. The van der Waals surface area contributed by atoms with E-state index in [1.807, 2.05) is 0 Å². The van der Waals surface area contributed by atoms with Gasteiger partial charge in [0.1, 0.15) is 0 Å². The van der Waals surface area contributed by atoms with E-state index in [9.17, 15) is 18.0 Å². The number of carbonyl (C=O) groups excluding carboxylic acids is 1. The Bertz CT molecular complexity index is 786. The Hall–Kier alpha value is -2.55. The van der Waals surface area contributed by atoms with Crippen LogP contribution in [0.2, 0.25) is 0 Å². The highest BCUT2D eigenvalue weighted by Gasteiger charge is 2.28. The largest absolute Gasteiger partial charge is 0.493 e. The van der Waals surface area contributed by atoms with E-state index in [1.165, 1.54) is 45.6 Å². The second-order valence-corrected chi connectivity index (χ2v) is 6.29. The third-order valence-corrected chi connectivity index (χ3v) is 4.59. The molecule has 0 saturated heterocycles. The number of nitrogens with one attached hydrogen (secondary N) is 1. The van der Waals surface area contributed by atoms with Crippen molar-refractivity contribution in [2.45, 2.75) is 11.1 Å². The van der Waals surface area contributed by atoms with Crippen LogP contribution >= 0.6 is 11.8 Å². The van der Waals surface area contributed by atoms with Gasteiger partial charge in [-0.15, -0.1) is 11.8 Å². The minimum absolute atomic E-state index is 0.208. The first-order chi connectivity index (χ1) is 12.8. The molecule has 0 saturated carbocycles. The lowest BCUT2D eigenvalue weighted by Gasteiger charge is -2.15. The molecule has 27 heavy (non-hydrogen) atoms. The van der Waals surface area contributed by atoms with Crippen molar-refractivity contribution in [3.05, 3.63) is 42.0 Å². The molecule has 0 atom stereocenters. The van der Waals surface area contributed by atoms with E-state index in [2.05, 4.69) is 5.32 Å². The van der Waals surface area contributed by atoms with Crippen LogP contribution in [0.25, 0.3) is 0 Å². The zero-order valence-corrected chi connectivity index (χ0v) is 15.7. The molecule has 0 heterocycles. The van der Waals surface area contributed by atoms with Crippen molar-refractivity contribution >= 4 is 23.4 Å². The zero-order chi connectivity index (χ0) is 20.0. The molecule has 0 aliphatic carbocycles. The lowest BCUT2D eigenvalue weighted by Crippen LogP contribution is -2.14. The topological polar surface area (TPSA) is 56.8 Å². The number of alkyl halides is 3. The van der Waals surface area contributed by atoms with E-state index >= 15 is 0 Å². The normalized spacial score (nSPS) is 11.0. The van der Waals surface area contributed by atoms with Gasteiger partial charge in [0.05, 0.1) is 32.8 Å². The van der Waals surface area contributed by atoms with Crippen LogP contribution in [0, 0.1) is 0 Å². The third-order valence-electron chi connectivity index (χ3n) is 3.45. The maximum absolute atomic E-state index is 12.6. The highest BCUT2D eigenvalue weighted by molar-refractivity contribution is 7.99. The third kappa shape index (κ3) is 5.46. The first-order valence-corrected chi connectivity index (χ1v) is 8.67. The van der Waals surface area contributed by atoms with Gasteiger partial charge in [-0.2, -0.15) is 13.2 Å². The zero-order valence-electron chi connectivity index (χ0n) is 14.8. The average Bonchev–Trinajstić information content (AvgIpc) is 2.65. The average molecular weight is 401 g/mol. The molecule has 9 heteroatoms. The van der Waals surface area contributed by atoms with Crippen LogP contribution in [0.15, 0.2) is 41.3 Å². The first-order valence-electron chi connectivity index (χ1n) is 7.69. The predicted molar refractivity (Wildman–Crippen MR) is 97.3 cm³/mol. The molecule has 0 spiro atoms. The number of halogens is 3. The Labute approximate surface area is 158 Å². The summed E-state index contributed by atoms with van der Waals surface area (Å²) in [6, 6.07) is 9.20. The molecular weight excluding hydrogens is 383 g/mol. The Morgan fingerprint density at radius 1 is 1.04 bits per heavy atom. The van der Waals surface area contributed by atoms with E-state index in [0.29, 0.717) is 33.9 Å². The number of methoxy groups -OCH3 is 3. The van der Waals surface area contributed by atoms with Crippen LogP contribution in [0.4, 0.5) is 18.9 Å². The number of ether oxygens (including phenoxy) is 3. The Balaban J connectivity index is 2.28. The smallest absolute Gasteiger partial charge is 0.398 e. The highest BCUT2D eigenvalue weighted by Crippen LogP contribution is 2.38. The molecule has 5 nitrogen and oxygen atoms in total. The van der Waals surface area contributed by atoms with E-state index < -0.39 is 17.8 Å². The molecule has 2 rings (SSSR count). The molecule has 1 N–H and O–H groups in total. The number of rotatable bonds is 7. The molecule has 0 radical (unpaired) electrons. The fourth-order valence-corrected chi connectivity index (χ4v) is 3.03.